The van der Waals surface area contributed by atoms with Crippen LogP contribution in [-0.4, -0.2) is 58.9 Å². The molecule has 1 fully saturated rings. The molecule has 0 spiro atoms. The number of imidazole rings is 2. The van der Waals surface area contributed by atoms with Crippen LogP contribution < -0.4 is 4.74 Å². The lowest BCUT2D eigenvalue weighted by Crippen LogP contribution is -2.31. The molecule has 1 saturated heterocycles. The van der Waals surface area contributed by atoms with Gasteiger partial charge in [-0.2, -0.15) is 0 Å². The van der Waals surface area contributed by atoms with E-state index in [-0.39, 0.29) is 29.4 Å². The van der Waals surface area contributed by atoms with Crippen LogP contribution in [0.15, 0.2) is 66.9 Å². The maximum Gasteiger partial charge on any atom is 0.295 e. The van der Waals surface area contributed by atoms with Gasteiger partial charge in [0.1, 0.15) is 11.3 Å². The molecule has 2 N–H and O–H groups in total. The van der Waals surface area contributed by atoms with Crippen molar-refractivity contribution in [1.29, 1.82) is 0 Å². The molecule has 0 bridgehead atoms. The highest BCUT2D eigenvalue weighted by atomic mass is 16.5. The number of benzene rings is 1. The van der Waals surface area contributed by atoms with Gasteiger partial charge in [0.25, 0.3) is 11.7 Å². The van der Waals surface area contributed by atoms with E-state index in [1.807, 2.05) is 16.8 Å². The topological polar surface area (TPSA) is 122 Å². The largest absolute Gasteiger partial charge is 0.505 e. The molecular weight excluding hydrogens is 474 g/mol. The van der Waals surface area contributed by atoms with E-state index in [1.54, 1.807) is 61.2 Å². The highest BCUT2D eigenvalue weighted by Gasteiger charge is 2.46. The van der Waals surface area contributed by atoms with E-state index in [4.69, 9.17) is 4.74 Å². The minimum Gasteiger partial charge on any atom is -0.505 e. The third-order valence-corrected chi connectivity index (χ3v) is 6.44. The number of aliphatic hydroxyl groups excluding tert-OH is 1. The molecular formula is C27H27N5O5. The summed E-state index contributed by atoms with van der Waals surface area (Å²) in [4.78, 5) is 36.7. The van der Waals surface area contributed by atoms with Crippen LogP contribution in [0, 0.1) is 6.92 Å². The van der Waals surface area contributed by atoms with Crippen LogP contribution in [0.3, 0.4) is 0 Å². The first-order chi connectivity index (χ1) is 17.9. The van der Waals surface area contributed by atoms with E-state index in [0.717, 1.165) is 0 Å². The number of amides is 1. The first kappa shape index (κ1) is 24.1. The number of hydrogen-bond acceptors (Lipinski definition) is 7. The van der Waals surface area contributed by atoms with Gasteiger partial charge >= 0.3 is 0 Å². The number of Topliss-reactive ketones (excluding diaryl/α,β-unsaturated/α-hetero) is 1. The van der Waals surface area contributed by atoms with E-state index in [2.05, 4.69) is 9.97 Å². The van der Waals surface area contributed by atoms with Crippen molar-refractivity contribution in [3.63, 3.8) is 0 Å². The standard InChI is InChI=1S/C27H27N5O5/c1-3-37-20-15-18(8-9-19(20)33)24-22(25(34)23-17(2)29-21-7-4-5-12-31(21)23)26(35)27(36)32(24)13-6-11-30-14-10-28-16-30/h4-5,7-10,12,14-16,24,33-34H,3,6,11,13H2,1-2H3/b25-22+. The van der Waals surface area contributed by atoms with Gasteiger partial charge in [-0.1, -0.05) is 12.1 Å². The number of likely N-dealkylation sites (tertiary alicyclic amines) is 1. The van der Waals surface area contributed by atoms with Crippen LogP contribution in [0.2, 0.25) is 0 Å². The highest BCUT2D eigenvalue weighted by molar-refractivity contribution is 6.46. The molecule has 4 heterocycles. The lowest BCUT2D eigenvalue weighted by atomic mass is 9.95. The fourth-order valence-corrected chi connectivity index (χ4v) is 4.80. The molecule has 1 aliphatic heterocycles. The van der Waals surface area contributed by atoms with Crippen molar-refractivity contribution in [1.82, 2.24) is 23.8 Å². The predicted octanol–water partition coefficient (Wildman–Crippen LogP) is 3.46. The van der Waals surface area contributed by atoms with Gasteiger partial charge in [-0.15, -0.1) is 0 Å². The molecule has 0 saturated carbocycles. The number of phenolic OH excluding ortho intramolecular Hbond substituents is 1. The van der Waals surface area contributed by atoms with Gasteiger partial charge in [-0.25, -0.2) is 9.97 Å². The minimum absolute atomic E-state index is 0.0328. The van der Waals surface area contributed by atoms with Crippen LogP contribution in [0.4, 0.5) is 0 Å². The summed E-state index contributed by atoms with van der Waals surface area (Å²) in [6, 6.07) is 9.24. The van der Waals surface area contributed by atoms with Crippen LogP contribution in [0.1, 0.15) is 36.3 Å². The fourth-order valence-electron chi connectivity index (χ4n) is 4.80. The first-order valence-electron chi connectivity index (χ1n) is 12.0. The Morgan fingerprint density at radius 3 is 2.73 bits per heavy atom. The zero-order chi connectivity index (χ0) is 26.1. The predicted molar refractivity (Wildman–Crippen MR) is 135 cm³/mol. The van der Waals surface area contributed by atoms with Gasteiger partial charge in [0.15, 0.2) is 17.3 Å². The third-order valence-electron chi connectivity index (χ3n) is 6.44. The van der Waals surface area contributed by atoms with Crippen molar-refractivity contribution in [3.8, 4) is 11.5 Å². The molecule has 1 amide bonds. The fraction of sp³-hybridized carbons (Fsp3) is 0.259. The Kier molecular flexibility index (Phi) is 6.39. The Bertz CT molecular complexity index is 1500. The van der Waals surface area contributed by atoms with Crippen molar-refractivity contribution >= 4 is 23.1 Å². The van der Waals surface area contributed by atoms with Gasteiger partial charge in [0, 0.05) is 31.7 Å². The summed E-state index contributed by atoms with van der Waals surface area (Å²) in [5, 5.41) is 21.8. The molecule has 1 unspecified atom stereocenters. The first-order valence-corrected chi connectivity index (χ1v) is 12.0. The normalized spacial score (nSPS) is 17.1. The lowest BCUT2D eigenvalue weighted by molar-refractivity contribution is -0.139. The van der Waals surface area contributed by atoms with Crippen molar-refractivity contribution in [2.75, 3.05) is 13.2 Å². The zero-order valence-electron chi connectivity index (χ0n) is 20.5. The number of rotatable bonds is 8. The van der Waals surface area contributed by atoms with Crippen molar-refractivity contribution in [2.24, 2.45) is 0 Å². The molecule has 10 nitrogen and oxygen atoms in total. The Balaban J connectivity index is 1.63. The summed E-state index contributed by atoms with van der Waals surface area (Å²) < 4.78 is 9.14. The second-order valence-electron chi connectivity index (χ2n) is 8.78. The summed E-state index contributed by atoms with van der Waals surface area (Å²) in [5.74, 6) is -1.60. The summed E-state index contributed by atoms with van der Waals surface area (Å²) in [5.41, 5.74) is 1.98. The summed E-state index contributed by atoms with van der Waals surface area (Å²) >= 11 is 0. The number of pyridine rings is 1. The average molecular weight is 502 g/mol. The van der Waals surface area contributed by atoms with E-state index in [1.165, 1.54) is 11.0 Å². The van der Waals surface area contributed by atoms with E-state index in [0.29, 0.717) is 42.2 Å². The zero-order valence-corrected chi connectivity index (χ0v) is 20.5. The second kappa shape index (κ2) is 9.81. The Labute approximate surface area is 213 Å². The number of phenols is 1. The molecule has 0 radical (unpaired) electrons. The smallest absolute Gasteiger partial charge is 0.295 e. The van der Waals surface area contributed by atoms with Crippen LogP contribution in [-0.2, 0) is 16.1 Å². The number of fused-ring (bicyclic) bond motifs is 1. The van der Waals surface area contributed by atoms with Crippen LogP contribution >= 0.6 is 0 Å². The molecule has 0 aliphatic carbocycles. The molecule has 190 valence electrons. The monoisotopic (exact) mass is 501 g/mol. The SMILES string of the molecule is CCOc1cc(C2/C(=C(\O)c3c(C)nc4ccccn34)C(=O)C(=O)N2CCCn2ccnc2)ccc1O. The molecule has 4 aromatic rings. The van der Waals surface area contributed by atoms with Crippen molar-refractivity contribution < 1.29 is 24.5 Å². The molecule has 5 rings (SSSR count). The van der Waals surface area contributed by atoms with Gasteiger partial charge in [-0.05, 0) is 50.1 Å². The van der Waals surface area contributed by atoms with Crippen molar-refractivity contribution in [2.45, 2.75) is 32.9 Å². The molecule has 1 aliphatic rings. The summed E-state index contributed by atoms with van der Waals surface area (Å²) in [6.45, 7) is 4.72. The number of aryl methyl sites for hydroxylation is 2. The van der Waals surface area contributed by atoms with E-state index in [9.17, 15) is 19.8 Å². The number of ether oxygens (including phenoxy) is 1. The maximum absolute atomic E-state index is 13.4. The second-order valence-corrected chi connectivity index (χ2v) is 8.78. The molecule has 3 aromatic heterocycles. The number of aromatic hydroxyl groups is 1. The average Bonchev–Trinajstić information content (AvgIpc) is 3.58. The molecule has 37 heavy (non-hydrogen) atoms. The van der Waals surface area contributed by atoms with Gasteiger partial charge in [-0.3, -0.25) is 14.0 Å². The number of carbonyl (C=O) groups is 2. The quantitative estimate of drug-likeness (QED) is 0.215. The molecule has 1 aromatic carbocycles. The molecule has 1 atom stereocenters. The Hall–Kier alpha value is -4.60. The van der Waals surface area contributed by atoms with Gasteiger partial charge in [0.05, 0.1) is 30.2 Å². The summed E-state index contributed by atoms with van der Waals surface area (Å²) in [6.07, 6.45) is 7.50. The number of nitrogens with zero attached hydrogens (tertiary/aromatic N) is 5. The highest BCUT2D eigenvalue weighted by Crippen LogP contribution is 2.42. The minimum atomic E-state index is -0.878. The van der Waals surface area contributed by atoms with Gasteiger partial charge in [0.2, 0.25) is 0 Å². The number of carbonyl (C=O) groups excluding carboxylic acids is 2. The lowest BCUT2D eigenvalue weighted by Gasteiger charge is -2.26. The third kappa shape index (κ3) is 4.31. The van der Waals surface area contributed by atoms with Crippen LogP contribution in [0.5, 0.6) is 11.5 Å². The maximum atomic E-state index is 13.4. The van der Waals surface area contributed by atoms with Crippen molar-refractivity contribution in [3.05, 3.63) is 83.8 Å². The Morgan fingerprint density at radius 2 is 1.97 bits per heavy atom. The molecule has 10 heteroatoms. The van der Waals surface area contributed by atoms with Gasteiger partial charge < -0.3 is 24.4 Å². The number of hydrogen-bond donors (Lipinski definition) is 2. The summed E-state index contributed by atoms with van der Waals surface area (Å²) in [7, 11) is 0. The number of aliphatic hydroxyl groups is 1. The van der Waals surface area contributed by atoms with E-state index < -0.39 is 17.7 Å². The Morgan fingerprint density at radius 1 is 1.14 bits per heavy atom. The number of ketones is 1. The number of aromatic nitrogens is 4. The van der Waals surface area contributed by atoms with Crippen LogP contribution in [0.25, 0.3) is 11.4 Å². The van der Waals surface area contributed by atoms with E-state index >= 15 is 0 Å².